The minimum absolute atomic E-state index is 0.102. The molecule has 0 aromatic heterocycles. The predicted octanol–water partition coefficient (Wildman–Crippen LogP) is 4.86. The second-order valence-electron chi connectivity index (χ2n) is 9.81. The van der Waals surface area contributed by atoms with E-state index in [4.69, 9.17) is 16.3 Å². The van der Waals surface area contributed by atoms with Gasteiger partial charge in [-0.1, -0.05) is 48.0 Å². The van der Waals surface area contributed by atoms with Crippen molar-refractivity contribution in [3.8, 4) is 5.75 Å². The van der Waals surface area contributed by atoms with Crippen LogP contribution in [0.15, 0.2) is 72.8 Å². The van der Waals surface area contributed by atoms with Crippen LogP contribution in [-0.2, 0) is 4.79 Å². The molecule has 2 aliphatic heterocycles. The average molecular weight is 518 g/mol. The van der Waals surface area contributed by atoms with E-state index in [2.05, 4.69) is 30.0 Å². The van der Waals surface area contributed by atoms with Crippen LogP contribution in [0.4, 0.5) is 5.69 Å². The van der Waals surface area contributed by atoms with Gasteiger partial charge in [0.25, 0.3) is 5.91 Å². The third-order valence-corrected chi connectivity index (χ3v) is 7.80. The molecule has 7 heteroatoms. The zero-order valence-corrected chi connectivity index (χ0v) is 22.0. The summed E-state index contributed by atoms with van der Waals surface area (Å²) >= 11 is 6.15. The molecular weight excluding hydrogens is 486 g/mol. The topological polar surface area (TPSA) is 53.1 Å². The summed E-state index contributed by atoms with van der Waals surface area (Å²) in [5.74, 6) is 0.323. The van der Waals surface area contributed by atoms with Crippen molar-refractivity contribution in [2.24, 2.45) is 5.92 Å². The summed E-state index contributed by atoms with van der Waals surface area (Å²) in [5.41, 5.74) is 4.02. The fraction of sp³-hybridized carbons (Fsp3) is 0.333. The van der Waals surface area contributed by atoms with Crippen LogP contribution in [0.5, 0.6) is 5.75 Å². The van der Waals surface area contributed by atoms with Crippen LogP contribution >= 0.6 is 11.6 Å². The largest absolute Gasteiger partial charge is 0.497 e. The summed E-state index contributed by atoms with van der Waals surface area (Å²) in [4.78, 5) is 33.4. The van der Waals surface area contributed by atoms with Crippen LogP contribution in [0.1, 0.15) is 27.4 Å². The van der Waals surface area contributed by atoms with E-state index >= 15 is 0 Å². The van der Waals surface area contributed by atoms with E-state index in [-0.39, 0.29) is 23.7 Å². The molecule has 0 unspecified atom stereocenters. The lowest BCUT2D eigenvalue weighted by Crippen LogP contribution is -2.51. The molecule has 192 valence electrons. The monoisotopic (exact) mass is 517 g/mol. The zero-order valence-electron chi connectivity index (χ0n) is 21.3. The van der Waals surface area contributed by atoms with Gasteiger partial charge in [0.05, 0.1) is 13.0 Å². The van der Waals surface area contributed by atoms with Gasteiger partial charge in [0.2, 0.25) is 5.91 Å². The maximum atomic E-state index is 13.9. The molecule has 2 amide bonds. The summed E-state index contributed by atoms with van der Waals surface area (Å²) in [7, 11) is 1.64. The van der Waals surface area contributed by atoms with Crippen LogP contribution < -0.4 is 9.64 Å². The van der Waals surface area contributed by atoms with Crippen LogP contribution in [0.2, 0.25) is 5.02 Å². The number of nitrogens with zero attached hydrogens (tertiary/aromatic N) is 3. The number of carbonyl (C=O) groups excluding carboxylic acids is 2. The first-order valence-electron chi connectivity index (χ1n) is 12.7. The molecule has 0 radical (unpaired) electrons. The highest BCUT2D eigenvalue weighted by molar-refractivity contribution is 6.31. The van der Waals surface area contributed by atoms with E-state index in [0.29, 0.717) is 36.8 Å². The number of ether oxygens (including phenoxy) is 1. The van der Waals surface area contributed by atoms with Gasteiger partial charge in [0.1, 0.15) is 5.75 Å². The van der Waals surface area contributed by atoms with Crippen molar-refractivity contribution in [1.82, 2.24) is 9.80 Å². The van der Waals surface area contributed by atoms with Crippen LogP contribution in [-0.4, -0.2) is 68.0 Å². The number of para-hydroxylation sites is 1. The second-order valence-corrected chi connectivity index (χ2v) is 10.2. The van der Waals surface area contributed by atoms with Gasteiger partial charge in [-0.3, -0.25) is 9.59 Å². The van der Waals surface area contributed by atoms with E-state index in [1.54, 1.807) is 36.3 Å². The Morgan fingerprint density at radius 1 is 0.865 bits per heavy atom. The molecule has 3 aromatic carbocycles. The average Bonchev–Trinajstić information content (AvgIpc) is 3.38. The number of carbonyl (C=O) groups is 2. The first-order valence-corrected chi connectivity index (χ1v) is 13.1. The normalized spacial score (nSPS) is 19.7. The fourth-order valence-corrected chi connectivity index (χ4v) is 5.74. The highest BCUT2D eigenvalue weighted by atomic mass is 35.5. The van der Waals surface area contributed by atoms with Gasteiger partial charge >= 0.3 is 0 Å². The molecule has 6 nitrogen and oxygen atoms in total. The standard InChI is InChI=1S/C30H32ClN3O3/c1-21-7-3-4-12-28(21)32-13-15-33(16-14-32)30(36)27-20-34(29(35)23-9-5-10-24(31)17-23)19-26(27)22-8-6-11-25(18-22)37-2/h3-12,17-18,26-27H,13-16,19-20H2,1-2H3/t26-,27+/m1/s1. The van der Waals surface area contributed by atoms with Gasteiger partial charge in [-0.25, -0.2) is 0 Å². The molecule has 0 bridgehead atoms. The van der Waals surface area contributed by atoms with Crippen LogP contribution in [0.25, 0.3) is 0 Å². The third-order valence-electron chi connectivity index (χ3n) is 7.57. The Labute approximate surface area is 223 Å². The molecule has 0 saturated carbocycles. The number of likely N-dealkylation sites (tertiary alicyclic amines) is 1. The van der Waals surface area contributed by atoms with E-state index < -0.39 is 0 Å². The molecule has 5 rings (SSSR count). The molecule has 0 N–H and O–H groups in total. The van der Waals surface area contributed by atoms with Crippen molar-refractivity contribution in [1.29, 1.82) is 0 Å². The van der Waals surface area contributed by atoms with Crippen molar-refractivity contribution < 1.29 is 14.3 Å². The van der Waals surface area contributed by atoms with Crippen LogP contribution in [0, 0.1) is 12.8 Å². The Morgan fingerprint density at radius 3 is 2.35 bits per heavy atom. The number of hydrogen-bond donors (Lipinski definition) is 0. The van der Waals surface area contributed by atoms with Gasteiger partial charge in [-0.05, 0) is 54.4 Å². The lowest BCUT2D eigenvalue weighted by atomic mass is 9.87. The maximum absolute atomic E-state index is 13.9. The molecule has 2 saturated heterocycles. The Kier molecular flexibility index (Phi) is 7.38. The fourth-order valence-electron chi connectivity index (χ4n) is 5.55. The molecule has 2 aliphatic rings. The lowest BCUT2D eigenvalue weighted by molar-refractivity contribution is -0.135. The minimum atomic E-state index is -0.319. The number of halogens is 1. The van der Waals surface area contributed by atoms with Gasteiger partial charge in [-0.2, -0.15) is 0 Å². The number of rotatable bonds is 5. The molecule has 37 heavy (non-hydrogen) atoms. The summed E-state index contributed by atoms with van der Waals surface area (Å²) < 4.78 is 5.45. The summed E-state index contributed by atoms with van der Waals surface area (Å²) in [5, 5.41) is 0.522. The Hall–Kier alpha value is -3.51. The molecule has 2 fully saturated rings. The number of anilines is 1. The smallest absolute Gasteiger partial charge is 0.253 e. The Balaban J connectivity index is 1.36. The van der Waals surface area contributed by atoms with E-state index in [1.165, 1.54) is 11.3 Å². The summed E-state index contributed by atoms with van der Waals surface area (Å²) in [6, 6.07) is 23.2. The van der Waals surface area contributed by atoms with Crippen LogP contribution in [0.3, 0.4) is 0 Å². The highest BCUT2D eigenvalue weighted by Crippen LogP contribution is 2.36. The van der Waals surface area contributed by atoms with Crippen molar-refractivity contribution >= 4 is 29.1 Å². The van der Waals surface area contributed by atoms with Gasteiger partial charge in [0.15, 0.2) is 0 Å². The Morgan fingerprint density at radius 2 is 1.62 bits per heavy atom. The molecule has 0 spiro atoms. The molecule has 0 aliphatic carbocycles. The summed E-state index contributed by atoms with van der Waals surface area (Å²) in [6.45, 7) is 5.88. The predicted molar refractivity (Wildman–Crippen MR) is 147 cm³/mol. The van der Waals surface area contributed by atoms with Crippen molar-refractivity contribution in [2.45, 2.75) is 12.8 Å². The van der Waals surface area contributed by atoms with E-state index in [0.717, 1.165) is 24.4 Å². The first-order chi connectivity index (χ1) is 17.9. The molecule has 2 atom stereocenters. The first kappa shape index (κ1) is 25.2. The summed E-state index contributed by atoms with van der Waals surface area (Å²) in [6.07, 6.45) is 0. The molecule has 3 aromatic rings. The van der Waals surface area contributed by atoms with Crippen molar-refractivity contribution in [3.63, 3.8) is 0 Å². The highest BCUT2D eigenvalue weighted by Gasteiger charge is 2.43. The van der Waals surface area contributed by atoms with E-state index in [1.807, 2.05) is 35.2 Å². The number of piperazine rings is 1. The number of methoxy groups -OCH3 is 1. The van der Waals surface area contributed by atoms with Crippen molar-refractivity contribution in [3.05, 3.63) is 94.5 Å². The van der Waals surface area contributed by atoms with Gasteiger partial charge in [-0.15, -0.1) is 0 Å². The number of aryl methyl sites for hydroxylation is 1. The van der Waals surface area contributed by atoms with Gasteiger partial charge in [0, 0.05) is 61.5 Å². The van der Waals surface area contributed by atoms with Gasteiger partial charge < -0.3 is 19.4 Å². The van der Waals surface area contributed by atoms with Crippen molar-refractivity contribution in [2.75, 3.05) is 51.3 Å². The molecule has 2 heterocycles. The number of amides is 2. The quantitative estimate of drug-likeness (QED) is 0.485. The zero-order chi connectivity index (χ0) is 25.9. The lowest BCUT2D eigenvalue weighted by Gasteiger charge is -2.38. The third kappa shape index (κ3) is 5.30. The SMILES string of the molecule is COc1cccc([C@H]2CN(C(=O)c3cccc(Cl)c3)C[C@@H]2C(=O)N2CCN(c3ccccc3C)CC2)c1. The van der Waals surface area contributed by atoms with E-state index in [9.17, 15) is 9.59 Å². The molecular formula is C30H32ClN3O3. The number of benzene rings is 3. The minimum Gasteiger partial charge on any atom is -0.497 e. The number of hydrogen-bond acceptors (Lipinski definition) is 4. The maximum Gasteiger partial charge on any atom is 0.253 e. The Bertz CT molecular complexity index is 1290. The second kappa shape index (κ2) is 10.9.